The second-order valence-electron chi connectivity index (χ2n) is 4.17. The van der Waals surface area contributed by atoms with E-state index in [0.29, 0.717) is 11.6 Å². The predicted octanol–water partition coefficient (Wildman–Crippen LogP) is 2.98. The topological polar surface area (TPSA) is 54.5 Å². The SMILES string of the molecule is Cc1ncc(-c2ncc(-c3ccc(F)cc3)[nH]2)cn1. The maximum Gasteiger partial charge on any atom is 0.140 e. The Morgan fingerprint density at radius 3 is 2.26 bits per heavy atom. The minimum absolute atomic E-state index is 0.254. The Hall–Kier alpha value is -2.56. The van der Waals surface area contributed by atoms with E-state index >= 15 is 0 Å². The minimum atomic E-state index is -0.254. The van der Waals surface area contributed by atoms with Gasteiger partial charge in [0.15, 0.2) is 0 Å². The Kier molecular flexibility index (Phi) is 2.79. The third kappa shape index (κ3) is 2.35. The van der Waals surface area contributed by atoms with E-state index in [-0.39, 0.29) is 5.82 Å². The lowest BCUT2D eigenvalue weighted by atomic mass is 10.2. The molecule has 3 rings (SSSR count). The highest BCUT2D eigenvalue weighted by Gasteiger charge is 2.06. The number of imidazole rings is 1. The van der Waals surface area contributed by atoms with Crippen LogP contribution in [-0.4, -0.2) is 19.9 Å². The quantitative estimate of drug-likeness (QED) is 0.764. The number of benzene rings is 1. The van der Waals surface area contributed by atoms with Gasteiger partial charge in [-0.2, -0.15) is 0 Å². The molecule has 0 spiro atoms. The lowest BCUT2D eigenvalue weighted by Gasteiger charge is -1.98. The molecule has 0 aliphatic carbocycles. The van der Waals surface area contributed by atoms with Crippen molar-refractivity contribution in [3.05, 3.63) is 54.5 Å². The zero-order chi connectivity index (χ0) is 13.2. The van der Waals surface area contributed by atoms with Crippen LogP contribution in [0.25, 0.3) is 22.6 Å². The van der Waals surface area contributed by atoms with Crippen LogP contribution in [0.15, 0.2) is 42.9 Å². The lowest BCUT2D eigenvalue weighted by molar-refractivity contribution is 0.628. The number of rotatable bonds is 2. The van der Waals surface area contributed by atoms with Crippen molar-refractivity contribution >= 4 is 0 Å². The molecular weight excluding hydrogens is 243 g/mol. The van der Waals surface area contributed by atoms with Crippen LogP contribution in [0.1, 0.15) is 5.82 Å². The molecule has 19 heavy (non-hydrogen) atoms. The summed E-state index contributed by atoms with van der Waals surface area (Å²) < 4.78 is 12.9. The molecule has 0 aliphatic heterocycles. The van der Waals surface area contributed by atoms with Crippen molar-refractivity contribution < 1.29 is 4.39 Å². The number of aryl methyl sites for hydroxylation is 1. The third-order valence-corrected chi connectivity index (χ3v) is 2.79. The molecule has 3 aromatic rings. The molecule has 0 saturated carbocycles. The summed E-state index contributed by atoms with van der Waals surface area (Å²) in [6.07, 6.45) is 5.15. The van der Waals surface area contributed by atoms with Gasteiger partial charge in [0, 0.05) is 12.4 Å². The monoisotopic (exact) mass is 254 g/mol. The highest BCUT2D eigenvalue weighted by atomic mass is 19.1. The number of nitrogens with zero attached hydrogens (tertiary/aromatic N) is 3. The third-order valence-electron chi connectivity index (χ3n) is 2.79. The fourth-order valence-electron chi connectivity index (χ4n) is 1.76. The highest BCUT2D eigenvalue weighted by molar-refractivity contribution is 5.63. The molecule has 0 radical (unpaired) electrons. The van der Waals surface area contributed by atoms with Gasteiger partial charge in [0.2, 0.25) is 0 Å². The van der Waals surface area contributed by atoms with Crippen molar-refractivity contribution in [3.63, 3.8) is 0 Å². The van der Waals surface area contributed by atoms with Crippen molar-refractivity contribution in [2.45, 2.75) is 6.92 Å². The first-order chi connectivity index (χ1) is 9.22. The molecule has 0 fully saturated rings. The summed E-state index contributed by atoms with van der Waals surface area (Å²) in [4.78, 5) is 15.7. The molecule has 0 saturated heterocycles. The second kappa shape index (κ2) is 4.61. The Labute approximate surface area is 109 Å². The van der Waals surface area contributed by atoms with Gasteiger partial charge in [-0.3, -0.25) is 0 Å². The standard InChI is InChI=1S/C14H11FN4/c1-9-16-6-11(7-17-9)14-18-8-13(19-14)10-2-4-12(15)5-3-10/h2-8H,1H3,(H,18,19). The molecule has 0 aliphatic rings. The molecule has 2 heterocycles. The van der Waals surface area contributed by atoms with E-state index in [4.69, 9.17) is 0 Å². The molecule has 0 atom stereocenters. The summed E-state index contributed by atoms with van der Waals surface area (Å²) in [6, 6.07) is 6.26. The van der Waals surface area contributed by atoms with Crippen LogP contribution in [0.5, 0.6) is 0 Å². The van der Waals surface area contributed by atoms with E-state index in [9.17, 15) is 4.39 Å². The van der Waals surface area contributed by atoms with Crippen molar-refractivity contribution in [1.29, 1.82) is 0 Å². The van der Waals surface area contributed by atoms with Crippen molar-refractivity contribution in [2.24, 2.45) is 0 Å². The maximum atomic E-state index is 12.9. The number of aromatic amines is 1. The summed E-state index contributed by atoms with van der Waals surface area (Å²) in [6.45, 7) is 1.83. The van der Waals surface area contributed by atoms with Gasteiger partial charge in [-0.15, -0.1) is 0 Å². The summed E-state index contributed by atoms with van der Waals surface area (Å²) >= 11 is 0. The molecule has 1 aromatic carbocycles. The van der Waals surface area contributed by atoms with Crippen molar-refractivity contribution in [2.75, 3.05) is 0 Å². The first kappa shape index (κ1) is 11.5. The summed E-state index contributed by atoms with van der Waals surface area (Å²) in [5.41, 5.74) is 2.53. The zero-order valence-corrected chi connectivity index (χ0v) is 10.3. The second-order valence-corrected chi connectivity index (χ2v) is 4.17. The summed E-state index contributed by atoms with van der Waals surface area (Å²) in [5.74, 6) is 1.16. The van der Waals surface area contributed by atoms with Crippen molar-refractivity contribution in [3.8, 4) is 22.6 Å². The average molecular weight is 254 g/mol. The maximum absolute atomic E-state index is 12.9. The number of aromatic nitrogens is 4. The molecule has 1 N–H and O–H groups in total. The largest absolute Gasteiger partial charge is 0.338 e. The Balaban J connectivity index is 1.95. The van der Waals surface area contributed by atoms with E-state index in [1.807, 2.05) is 6.92 Å². The van der Waals surface area contributed by atoms with Gasteiger partial charge in [0.25, 0.3) is 0 Å². The van der Waals surface area contributed by atoms with Gasteiger partial charge in [-0.25, -0.2) is 19.3 Å². The van der Waals surface area contributed by atoms with Crippen LogP contribution in [-0.2, 0) is 0 Å². The fourth-order valence-corrected chi connectivity index (χ4v) is 1.76. The lowest BCUT2D eigenvalue weighted by Crippen LogP contribution is -1.88. The van der Waals surface area contributed by atoms with Crippen LogP contribution in [0.4, 0.5) is 4.39 Å². The first-order valence-electron chi connectivity index (χ1n) is 5.82. The minimum Gasteiger partial charge on any atom is -0.338 e. The molecule has 2 aromatic heterocycles. The molecule has 0 amide bonds. The summed E-state index contributed by atoms with van der Waals surface area (Å²) in [7, 11) is 0. The van der Waals surface area contributed by atoms with Gasteiger partial charge in [-0.05, 0) is 36.8 Å². The Morgan fingerprint density at radius 2 is 1.58 bits per heavy atom. The highest BCUT2D eigenvalue weighted by Crippen LogP contribution is 2.21. The zero-order valence-electron chi connectivity index (χ0n) is 10.3. The van der Waals surface area contributed by atoms with Gasteiger partial charge >= 0.3 is 0 Å². The molecule has 4 nitrogen and oxygen atoms in total. The van der Waals surface area contributed by atoms with E-state index in [1.165, 1.54) is 12.1 Å². The number of H-pyrrole nitrogens is 1. The van der Waals surface area contributed by atoms with Gasteiger partial charge in [0.1, 0.15) is 17.5 Å². The number of hydrogen-bond acceptors (Lipinski definition) is 3. The smallest absolute Gasteiger partial charge is 0.140 e. The van der Waals surface area contributed by atoms with E-state index in [2.05, 4.69) is 19.9 Å². The summed E-state index contributed by atoms with van der Waals surface area (Å²) in [5, 5.41) is 0. The predicted molar refractivity (Wildman–Crippen MR) is 69.7 cm³/mol. The van der Waals surface area contributed by atoms with Gasteiger partial charge in [0.05, 0.1) is 17.5 Å². The van der Waals surface area contributed by atoms with Crippen LogP contribution in [0.2, 0.25) is 0 Å². The van der Waals surface area contributed by atoms with Crippen LogP contribution in [0, 0.1) is 12.7 Å². The Bertz CT molecular complexity index is 626. The van der Waals surface area contributed by atoms with Gasteiger partial charge < -0.3 is 4.98 Å². The number of halogens is 1. The fraction of sp³-hybridized carbons (Fsp3) is 0.0714. The van der Waals surface area contributed by atoms with E-state index in [0.717, 1.165) is 16.8 Å². The molecule has 0 bridgehead atoms. The van der Waals surface area contributed by atoms with Gasteiger partial charge in [-0.1, -0.05) is 0 Å². The average Bonchev–Trinajstić information content (AvgIpc) is 2.90. The van der Waals surface area contributed by atoms with Crippen molar-refractivity contribution in [1.82, 2.24) is 19.9 Å². The van der Waals surface area contributed by atoms with Crippen LogP contribution in [0.3, 0.4) is 0 Å². The molecule has 0 unspecified atom stereocenters. The number of hydrogen-bond donors (Lipinski definition) is 1. The van der Waals surface area contributed by atoms with E-state index in [1.54, 1.807) is 30.7 Å². The Morgan fingerprint density at radius 1 is 0.895 bits per heavy atom. The molecule has 5 heteroatoms. The van der Waals surface area contributed by atoms with E-state index < -0.39 is 0 Å². The normalized spacial score (nSPS) is 10.6. The molecular formula is C14H11FN4. The first-order valence-corrected chi connectivity index (χ1v) is 5.82. The van der Waals surface area contributed by atoms with Crippen LogP contribution >= 0.6 is 0 Å². The molecule has 94 valence electrons. The number of nitrogens with one attached hydrogen (secondary N) is 1. The van der Waals surface area contributed by atoms with Crippen LogP contribution < -0.4 is 0 Å².